The van der Waals surface area contributed by atoms with Crippen molar-refractivity contribution in [1.29, 1.82) is 0 Å². The lowest BCUT2D eigenvalue weighted by Gasteiger charge is -2.20. The van der Waals surface area contributed by atoms with Gasteiger partial charge < -0.3 is 9.84 Å². The molecular formula is C21H26O3. The molecule has 0 saturated heterocycles. The lowest BCUT2D eigenvalue weighted by Crippen LogP contribution is -2.29. The summed E-state index contributed by atoms with van der Waals surface area (Å²) in [6, 6.07) is 13.7. The van der Waals surface area contributed by atoms with Gasteiger partial charge in [0.15, 0.2) is 6.10 Å². The molecule has 0 bridgehead atoms. The molecule has 0 radical (unpaired) electrons. The van der Waals surface area contributed by atoms with Crippen LogP contribution in [-0.4, -0.2) is 17.2 Å². The van der Waals surface area contributed by atoms with Crippen LogP contribution in [0, 0.1) is 13.8 Å². The summed E-state index contributed by atoms with van der Waals surface area (Å²) in [5.74, 6) is -0.366. The smallest absolute Gasteiger partial charge is 0.345 e. The molecule has 0 heterocycles. The third kappa shape index (κ3) is 4.60. The molecule has 0 aliphatic heterocycles. The first-order valence-electron chi connectivity index (χ1n) is 8.23. The van der Waals surface area contributed by atoms with E-state index >= 15 is 0 Å². The van der Waals surface area contributed by atoms with Crippen molar-refractivity contribution in [2.45, 2.75) is 52.6 Å². The maximum absolute atomic E-state index is 11.6. The monoisotopic (exact) mass is 326 g/mol. The van der Waals surface area contributed by atoms with E-state index < -0.39 is 12.1 Å². The van der Waals surface area contributed by atoms with Gasteiger partial charge in [-0.3, -0.25) is 0 Å². The predicted molar refractivity (Wildman–Crippen MR) is 96.8 cm³/mol. The Labute approximate surface area is 144 Å². The van der Waals surface area contributed by atoms with Gasteiger partial charge in [0.2, 0.25) is 0 Å². The second-order valence-corrected chi connectivity index (χ2v) is 7.35. The molecule has 2 rings (SSSR count). The van der Waals surface area contributed by atoms with Crippen molar-refractivity contribution in [2.24, 2.45) is 0 Å². The van der Waals surface area contributed by atoms with E-state index in [1.54, 1.807) is 0 Å². The summed E-state index contributed by atoms with van der Waals surface area (Å²) in [7, 11) is 0. The number of aryl methyl sites for hydroxylation is 2. The molecule has 24 heavy (non-hydrogen) atoms. The summed E-state index contributed by atoms with van der Waals surface area (Å²) >= 11 is 0. The molecule has 3 heteroatoms. The van der Waals surface area contributed by atoms with Gasteiger partial charge in [-0.05, 0) is 48.1 Å². The highest BCUT2D eigenvalue weighted by atomic mass is 16.5. The van der Waals surface area contributed by atoms with E-state index in [1.807, 2.05) is 50.2 Å². The minimum absolute atomic E-state index is 0.0593. The number of benzene rings is 2. The van der Waals surface area contributed by atoms with Gasteiger partial charge in [0.05, 0.1) is 0 Å². The average molecular weight is 326 g/mol. The Hall–Kier alpha value is -2.29. The first kappa shape index (κ1) is 18.1. The summed E-state index contributed by atoms with van der Waals surface area (Å²) in [4.78, 5) is 11.6. The fraction of sp³-hybridized carbons (Fsp3) is 0.381. The van der Waals surface area contributed by atoms with Crippen molar-refractivity contribution in [1.82, 2.24) is 0 Å². The number of rotatable bonds is 5. The first-order chi connectivity index (χ1) is 11.2. The Morgan fingerprint density at radius 2 is 1.71 bits per heavy atom. The molecule has 128 valence electrons. The van der Waals surface area contributed by atoms with Crippen molar-refractivity contribution in [2.75, 3.05) is 0 Å². The summed E-state index contributed by atoms with van der Waals surface area (Å²) in [5, 5.41) is 9.50. The number of carboxylic acids is 1. The van der Waals surface area contributed by atoms with Crippen LogP contribution in [0.3, 0.4) is 0 Å². The van der Waals surface area contributed by atoms with Crippen LogP contribution in [0.25, 0.3) is 0 Å². The molecule has 0 unspecified atom stereocenters. The zero-order chi connectivity index (χ0) is 17.9. The van der Waals surface area contributed by atoms with Crippen molar-refractivity contribution >= 4 is 5.97 Å². The van der Waals surface area contributed by atoms with Crippen LogP contribution >= 0.6 is 0 Å². The second kappa shape index (κ2) is 7.08. The third-order valence-electron chi connectivity index (χ3n) is 4.18. The summed E-state index contributed by atoms with van der Waals surface area (Å²) in [6.45, 7) is 10.5. The van der Waals surface area contributed by atoms with Crippen LogP contribution in [0.5, 0.6) is 5.75 Å². The van der Waals surface area contributed by atoms with Gasteiger partial charge in [-0.25, -0.2) is 4.79 Å². The topological polar surface area (TPSA) is 46.5 Å². The van der Waals surface area contributed by atoms with Gasteiger partial charge in [0.25, 0.3) is 0 Å². The Balaban J connectivity index is 2.15. The van der Waals surface area contributed by atoms with Crippen LogP contribution in [0.4, 0.5) is 0 Å². The highest BCUT2D eigenvalue weighted by molar-refractivity contribution is 5.73. The van der Waals surface area contributed by atoms with E-state index in [9.17, 15) is 9.90 Å². The van der Waals surface area contributed by atoms with Crippen molar-refractivity contribution in [3.8, 4) is 5.75 Å². The molecular weight excluding hydrogens is 300 g/mol. The number of carboxylic acid groups (broad SMARTS) is 1. The summed E-state index contributed by atoms with van der Waals surface area (Å²) in [5.41, 5.74) is 4.51. The van der Waals surface area contributed by atoms with E-state index in [0.29, 0.717) is 12.2 Å². The highest BCUT2D eigenvalue weighted by Gasteiger charge is 2.21. The highest BCUT2D eigenvalue weighted by Crippen LogP contribution is 2.25. The fourth-order valence-corrected chi connectivity index (χ4v) is 2.65. The molecule has 0 aromatic heterocycles. The molecule has 2 aromatic carbocycles. The third-order valence-corrected chi connectivity index (χ3v) is 4.18. The van der Waals surface area contributed by atoms with Gasteiger partial charge >= 0.3 is 5.97 Å². The van der Waals surface area contributed by atoms with Crippen LogP contribution in [-0.2, 0) is 16.6 Å². The Morgan fingerprint density at radius 1 is 1.08 bits per heavy atom. The molecule has 0 aliphatic rings. The molecule has 2 aromatic rings. The van der Waals surface area contributed by atoms with E-state index in [-0.39, 0.29) is 5.41 Å². The molecule has 1 atom stereocenters. The van der Waals surface area contributed by atoms with Gasteiger partial charge in [-0.1, -0.05) is 56.7 Å². The second-order valence-electron chi connectivity index (χ2n) is 7.35. The van der Waals surface area contributed by atoms with Crippen molar-refractivity contribution in [3.63, 3.8) is 0 Å². The molecule has 1 N–H and O–H groups in total. The Kier molecular flexibility index (Phi) is 5.33. The molecule has 3 nitrogen and oxygen atoms in total. The molecule has 0 aliphatic carbocycles. The zero-order valence-electron chi connectivity index (χ0n) is 15.1. The summed E-state index contributed by atoms with van der Waals surface area (Å²) < 4.78 is 5.73. The average Bonchev–Trinajstić information content (AvgIpc) is 2.48. The van der Waals surface area contributed by atoms with E-state index in [0.717, 1.165) is 11.1 Å². The van der Waals surface area contributed by atoms with E-state index in [4.69, 9.17) is 4.74 Å². The first-order valence-corrected chi connectivity index (χ1v) is 8.23. The normalized spacial score (nSPS) is 12.7. The largest absolute Gasteiger partial charge is 0.478 e. The van der Waals surface area contributed by atoms with Gasteiger partial charge in [0.1, 0.15) is 5.75 Å². The fourth-order valence-electron chi connectivity index (χ4n) is 2.65. The standard InChI is InChI=1S/C21H26O3/c1-14-6-7-16(15(2)12-14)13-19(20(22)23)24-18-10-8-17(9-11-18)21(3,4)5/h6-12,19H,13H2,1-5H3,(H,22,23)/t19-/m1/s1. The maximum atomic E-state index is 11.6. The minimum atomic E-state index is -0.949. The molecule has 0 spiro atoms. The van der Waals surface area contributed by atoms with E-state index in [1.165, 1.54) is 11.1 Å². The molecule has 0 amide bonds. The van der Waals surface area contributed by atoms with Crippen LogP contribution in [0.1, 0.15) is 43.0 Å². The summed E-state index contributed by atoms with van der Waals surface area (Å²) in [6.07, 6.45) is -0.547. The van der Waals surface area contributed by atoms with Crippen LogP contribution < -0.4 is 4.74 Å². The lowest BCUT2D eigenvalue weighted by molar-refractivity contribution is -0.145. The molecule has 0 fully saturated rings. The van der Waals surface area contributed by atoms with Gasteiger partial charge in [-0.2, -0.15) is 0 Å². The van der Waals surface area contributed by atoms with E-state index in [2.05, 4.69) is 26.8 Å². The molecule has 0 saturated carbocycles. The van der Waals surface area contributed by atoms with Gasteiger partial charge in [0, 0.05) is 6.42 Å². The van der Waals surface area contributed by atoms with Gasteiger partial charge in [-0.15, -0.1) is 0 Å². The van der Waals surface area contributed by atoms with Crippen molar-refractivity contribution in [3.05, 3.63) is 64.7 Å². The van der Waals surface area contributed by atoms with Crippen LogP contribution in [0.15, 0.2) is 42.5 Å². The minimum Gasteiger partial charge on any atom is -0.478 e. The number of hydrogen-bond donors (Lipinski definition) is 1. The number of hydrogen-bond acceptors (Lipinski definition) is 2. The quantitative estimate of drug-likeness (QED) is 0.868. The van der Waals surface area contributed by atoms with Crippen LogP contribution in [0.2, 0.25) is 0 Å². The number of ether oxygens (including phenoxy) is 1. The predicted octanol–water partition coefficient (Wildman–Crippen LogP) is 4.68. The SMILES string of the molecule is Cc1ccc(C[C@@H](Oc2ccc(C(C)(C)C)cc2)C(=O)O)c(C)c1. The number of aliphatic carboxylic acids is 1. The Bertz CT molecular complexity index is 709. The number of carbonyl (C=O) groups is 1. The van der Waals surface area contributed by atoms with Crippen molar-refractivity contribution < 1.29 is 14.6 Å². The Morgan fingerprint density at radius 3 is 2.21 bits per heavy atom. The zero-order valence-corrected chi connectivity index (χ0v) is 15.1. The lowest BCUT2D eigenvalue weighted by atomic mass is 9.87. The maximum Gasteiger partial charge on any atom is 0.345 e.